The maximum absolute atomic E-state index is 12.5. The molecule has 1 heterocycles. The summed E-state index contributed by atoms with van der Waals surface area (Å²) in [7, 11) is 0. The Morgan fingerprint density at radius 1 is 1.14 bits per heavy atom. The molecule has 1 saturated heterocycles. The summed E-state index contributed by atoms with van der Waals surface area (Å²) in [4.78, 5) is 26.4. The van der Waals surface area contributed by atoms with Gasteiger partial charge < -0.3 is 14.9 Å². The van der Waals surface area contributed by atoms with E-state index in [0.29, 0.717) is 0 Å². The number of thioether (sulfide) groups is 1. The van der Waals surface area contributed by atoms with Gasteiger partial charge >= 0.3 is 12.1 Å². The number of aliphatic carboxylic acids is 1. The van der Waals surface area contributed by atoms with Gasteiger partial charge in [0.2, 0.25) is 0 Å². The van der Waals surface area contributed by atoms with Crippen LogP contribution in [0.25, 0.3) is 0 Å². The Hall–Kier alpha value is -2.51. The summed E-state index contributed by atoms with van der Waals surface area (Å²) in [5, 5.41) is 20.5. The third-order valence-corrected chi connectivity index (χ3v) is 5.57. The summed E-state index contributed by atoms with van der Waals surface area (Å²) in [5.74, 6) is -1.15. The van der Waals surface area contributed by atoms with Crippen LogP contribution in [0.3, 0.4) is 0 Å². The molecule has 1 aliphatic heterocycles. The molecule has 0 bridgehead atoms. The lowest BCUT2D eigenvalue weighted by Gasteiger charge is -2.23. The van der Waals surface area contributed by atoms with Gasteiger partial charge in [0.25, 0.3) is 0 Å². The molecule has 148 valence electrons. The average molecular weight is 401 g/mol. The molecular weight excluding hydrogens is 378 g/mol. The van der Waals surface area contributed by atoms with Gasteiger partial charge in [-0.2, -0.15) is 0 Å². The SMILES string of the molecule is CSc1ccc(CC2(O)C[C@@H](C(=O)O)N(C(=O)OCc3ccccc3)C2)cc1. The third kappa shape index (κ3) is 4.85. The number of ether oxygens (including phenoxy) is 1. The van der Waals surface area contributed by atoms with Crippen molar-refractivity contribution < 1.29 is 24.5 Å². The van der Waals surface area contributed by atoms with Crippen molar-refractivity contribution in [1.82, 2.24) is 4.90 Å². The lowest BCUT2D eigenvalue weighted by Crippen LogP contribution is -2.41. The Morgan fingerprint density at radius 2 is 1.82 bits per heavy atom. The monoisotopic (exact) mass is 401 g/mol. The summed E-state index contributed by atoms with van der Waals surface area (Å²) in [6.07, 6.45) is 1.49. The number of aliphatic hydroxyl groups is 1. The number of benzene rings is 2. The van der Waals surface area contributed by atoms with Crippen LogP contribution < -0.4 is 0 Å². The number of carboxylic acids is 1. The largest absolute Gasteiger partial charge is 0.480 e. The van der Waals surface area contributed by atoms with Crippen LogP contribution >= 0.6 is 11.8 Å². The molecule has 6 nitrogen and oxygen atoms in total. The van der Waals surface area contributed by atoms with E-state index in [4.69, 9.17) is 4.74 Å². The Balaban J connectivity index is 1.68. The highest BCUT2D eigenvalue weighted by Crippen LogP contribution is 2.32. The fourth-order valence-corrected chi connectivity index (χ4v) is 3.84. The van der Waals surface area contributed by atoms with E-state index in [1.165, 1.54) is 0 Å². The maximum atomic E-state index is 12.5. The highest BCUT2D eigenvalue weighted by Gasteiger charge is 2.48. The van der Waals surface area contributed by atoms with Crippen LogP contribution in [0.2, 0.25) is 0 Å². The van der Waals surface area contributed by atoms with Crippen LogP contribution in [0.15, 0.2) is 59.5 Å². The molecule has 2 aromatic carbocycles. The van der Waals surface area contributed by atoms with Crippen molar-refractivity contribution in [2.75, 3.05) is 12.8 Å². The minimum Gasteiger partial charge on any atom is -0.480 e. The van der Waals surface area contributed by atoms with Crippen molar-refractivity contribution in [3.05, 3.63) is 65.7 Å². The first-order chi connectivity index (χ1) is 13.4. The molecule has 1 amide bonds. The van der Waals surface area contributed by atoms with E-state index in [1.54, 1.807) is 11.8 Å². The van der Waals surface area contributed by atoms with Gasteiger partial charge in [0.05, 0.1) is 12.1 Å². The average Bonchev–Trinajstić information content (AvgIpc) is 3.05. The second kappa shape index (κ2) is 8.67. The molecular formula is C21H23NO5S. The van der Waals surface area contributed by atoms with Gasteiger partial charge in [-0.15, -0.1) is 11.8 Å². The van der Waals surface area contributed by atoms with E-state index < -0.39 is 23.7 Å². The number of likely N-dealkylation sites (tertiary alicyclic amines) is 1. The molecule has 0 spiro atoms. The maximum Gasteiger partial charge on any atom is 0.410 e. The van der Waals surface area contributed by atoms with Crippen LogP contribution in [0.5, 0.6) is 0 Å². The summed E-state index contributed by atoms with van der Waals surface area (Å²) in [6, 6.07) is 15.8. The number of carbonyl (C=O) groups is 2. The number of carbonyl (C=O) groups excluding carboxylic acids is 1. The normalized spacial score (nSPS) is 21.5. The first-order valence-corrected chi connectivity index (χ1v) is 10.2. The number of carboxylic acid groups (broad SMARTS) is 1. The molecule has 0 radical (unpaired) electrons. The molecule has 2 atom stereocenters. The molecule has 2 N–H and O–H groups in total. The number of nitrogens with zero attached hydrogens (tertiary/aromatic N) is 1. The van der Waals surface area contributed by atoms with Gasteiger partial charge in [0.15, 0.2) is 0 Å². The van der Waals surface area contributed by atoms with Crippen molar-refractivity contribution in [3.8, 4) is 0 Å². The van der Waals surface area contributed by atoms with Gasteiger partial charge in [0, 0.05) is 17.7 Å². The number of rotatable bonds is 6. The van der Waals surface area contributed by atoms with E-state index in [1.807, 2.05) is 60.9 Å². The molecule has 1 aliphatic rings. The minimum atomic E-state index is -1.31. The van der Waals surface area contributed by atoms with Gasteiger partial charge in [0.1, 0.15) is 12.6 Å². The van der Waals surface area contributed by atoms with Gasteiger partial charge in [-0.05, 0) is 29.5 Å². The minimum absolute atomic E-state index is 0.0347. The van der Waals surface area contributed by atoms with Crippen molar-refractivity contribution in [1.29, 1.82) is 0 Å². The van der Waals surface area contributed by atoms with E-state index >= 15 is 0 Å². The van der Waals surface area contributed by atoms with Gasteiger partial charge in [-0.3, -0.25) is 4.90 Å². The van der Waals surface area contributed by atoms with Crippen LogP contribution in [-0.4, -0.2) is 51.6 Å². The van der Waals surface area contributed by atoms with E-state index in [0.717, 1.165) is 20.9 Å². The van der Waals surface area contributed by atoms with Crippen molar-refractivity contribution in [2.24, 2.45) is 0 Å². The zero-order chi connectivity index (χ0) is 20.1. The number of amides is 1. The van der Waals surface area contributed by atoms with Crippen molar-refractivity contribution >= 4 is 23.8 Å². The Morgan fingerprint density at radius 3 is 2.43 bits per heavy atom. The number of β-amino-alcohol motifs (C(OH)–C–C–N with tert-alkyl or cyclic N) is 1. The van der Waals surface area contributed by atoms with Crippen LogP contribution in [0.1, 0.15) is 17.5 Å². The standard InChI is InChI=1S/C21H23NO5S/c1-28-17-9-7-15(8-10-17)11-21(26)12-18(19(23)24)22(14-21)20(25)27-13-16-5-3-2-4-6-16/h2-10,18,26H,11-14H2,1H3,(H,23,24)/t18-,21?/m0/s1. The van der Waals surface area contributed by atoms with Gasteiger partial charge in [-0.25, -0.2) is 9.59 Å². The molecule has 2 aromatic rings. The highest BCUT2D eigenvalue weighted by molar-refractivity contribution is 7.98. The molecule has 1 fully saturated rings. The van der Waals surface area contributed by atoms with E-state index in [9.17, 15) is 19.8 Å². The van der Waals surface area contributed by atoms with E-state index in [2.05, 4.69) is 0 Å². The highest BCUT2D eigenvalue weighted by atomic mass is 32.2. The zero-order valence-corrected chi connectivity index (χ0v) is 16.4. The van der Waals surface area contributed by atoms with Crippen LogP contribution in [-0.2, 0) is 22.6 Å². The predicted molar refractivity (Wildman–Crippen MR) is 106 cm³/mol. The van der Waals surface area contributed by atoms with E-state index in [-0.39, 0.29) is 26.0 Å². The Bertz CT molecular complexity index is 826. The summed E-state index contributed by atoms with van der Waals surface area (Å²) < 4.78 is 5.28. The van der Waals surface area contributed by atoms with Crippen molar-refractivity contribution in [2.45, 2.75) is 36.0 Å². The second-order valence-corrected chi connectivity index (χ2v) is 7.86. The summed E-state index contributed by atoms with van der Waals surface area (Å²) in [6.45, 7) is -0.0288. The Labute approximate surface area is 168 Å². The Kier molecular flexibility index (Phi) is 6.26. The third-order valence-electron chi connectivity index (χ3n) is 4.83. The molecule has 0 saturated carbocycles. The summed E-state index contributed by atoms with van der Waals surface area (Å²) in [5.41, 5.74) is 0.394. The topological polar surface area (TPSA) is 87.1 Å². The zero-order valence-electron chi connectivity index (χ0n) is 15.6. The van der Waals surface area contributed by atoms with Crippen LogP contribution in [0.4, 0.5) is 4.79 Å². The quantitative estimate of drug-likeness (QED) is 0.723. The lowest BCUT2D eigenvalue weighted by atomic mass is 9.92. The fourth-order valence-electron chi connectivity index (χ4n) is 3.43. The predicted octanol–water partition coefficient (Wildman–Crippen LogP) is 3.18. The lowest BCUT2D eigenvalue weighted by molar-refractivity contribution is -0.141. The number of hydrogen-bond acceptors (Lipinski definition) is 5. The first-order valence-electron chi connectivity index (χ1n) is 8.96. The number of hydrogen-bond donors (Lipinski definition) is 2. The van der Waals surface area contributed by atoms with Crippen molar-refractivity contribution in [3.63, 3.8) is 0 Å². The molecule has 0 aromatic heterocycles. The fraction of sp³-hybridized carbons (Fsp3) is 0.333. The van der Waals surface area contributed by atoms with Crippen LogP contribution in [0, 0.1) is 0 Å². The smallest absolute Gasteiger partial charge is 0.410 e. The summed E-state index contributed by atoms with van der Waals surface area (Å²) >= 11 is 1.62. The molecule has 3 rings (SSSR count). The first kappa shape index (κ1) is 20.2. The second-order valence-electron chi connectivity index (χ2n) is 6.98. The molecule has 1 unspecified atom stereocenters. The molecule has 0 aliphatic carbocycles. The molecule has 7 heteroatoms. The van der Waals surface area contributed by atoms with Gasteiger partial charge in [-0.1, -0.05) is 42.5 Å². The molecule has 28 heavy (non-hydrogen) atoms.